The Labute approximate surface area is 184 Å². The van der Waals surface area contributed by atoms with Crippen molar-refractivity contribution in [2.24, 2.45) is 0 Å². The number of hydrogen-bond acceptors (Lipinski definition) is 5. The molecular formula is C21H29N3O5S2. The molecule has 2 aromatic carbocycles. The Morgan fingerprint density at radius 2 is 1.52 bits per heavy atom. The molecule has 2 N–H and O–H groups in total. The molecule has 31 heavy (non-hydrogen) atoms. The van der Waals surface area contributed by atoms with E-state index in [1.165, 1.54) is 12.1 Å². The van der Waals surface area contributed by atoms with Crippen molar-refractivity contribution in [3.05, 3.63) is 59.2 Å². The summed E-state index contributed by atoms with van der Waals surface area (Å²) in [5.74, 6) is -0.509. The SMILES string of the molecule is CCN(CC(=O)NCCNS(=O)(=O)c1ccc(C)cc1)S(=O)(=O)c1cc(C)ccc1C. The largest absolute Gasteiger partial charge is 0.354 e. The van der Waals surface area contributed by atoms with Gasteiger partial charge in [0, 0.05) is 19.6 Å². The van der Waals surface area contributed by atoms with Gasteiger partial charge in [-0.3, -0.25) is 4.79 Å². The van der Waals surface area contributed by atoms with Crippen LogP contribution in [0.2, 0.25) is 0 Å². The van der Waals surface area contributed by atoms with Crippen molar-refractivity contribution in [2.75, 3.05) is 26.2 Å². The zero-order chi connectivity index (χ0) is 23.2. The fourth-order valence-electron chi connectivity index (χ4n) is 2.90. The molecular weight excluding hydrogens is 438 g/mol. The van der Waals surface area contributed by atoms with Gasteiger partial charge in [0.1, 0.15) is 0 Å². The van der Waals surface area contributed by atoms with Crippen molar-refractivity contribution in [1.82, 2.24) is 14.3 Å². The summed E-state index contributed by atoms with van der Waals surface area (Å²) >= 11 is 0. The van der Waals surface area contributed by atoms with Crippen LogP contribution < -0.4 is 10.0 Å². The minimum atomic E-state index is -3.83. The van der Waals surface area contributed by atoms with Crippen LogP contribution in [-0.2, 0) is 24.8 Å². The summed E-state index contributed by atoms with van der Waals surface area (Å²) in [5.41, 5.74) is 2.36. The standard InChI is InChI=1S/C21H29N3O5S2/c1-5-24(31(28,29)20-14-17(3)6-9-18(20)4)15-21(25)22-12-13-23-30(26,27)19-10-7-16(2)8-11-19/h6-11,14,23H,5,12-13,15H2,1-4H3,(H,22,25). The van der Waals surface area contributed by atoms with E-state index in [4.69, 9.17) is 0 Å². The van der Waals surface area contributed by atoms with Gasteiger partial charge in [-0.1, -0.05) is 36.8 Å². The van der Waals surface area contributed by atoms with E-state index in [1.54, 1.807) is 45.0 Å². The lowest BCUT2D eigenvalue weighted by Gasteiger charge is -2.21. The summed E-state index contributed by atoms with van der Waals surface area (Å²) < 4.78 is 53.9. The van der Waals surface area contributed by atoms with E-state index in [9.17, 15) is 21.6 Å². The van der Waals surface area contributed by atoms with E-state index < -0.39 is 26.0 Å². The van der Waals surface area contributed by atoms with Gasteiger partial charge in [0.2, 0.25) is 26.0 Å². The Balaban J connectivity index is 1.93. The van der Waals surface area contributed by atoms with Crippen LogP contribution in [0, 0.1) is 20.8 Å². The van der Waals surface area contributed by atoms with Crippen LogP contribution in [0.25, 0.3) is 0 Å². The van der Waals surface area contributed by atoms with Crippen LogP contribution in [0.1, 0.15) is 23.6 Å². The first-order valence-electron chi connectivity index (χ1n) is 9.88. The average molecular weight is 468 g/mol. The Hall–Kier alpha value is -2.27. The number of hydrogen-bond donors (Lipinski definition) is 2. The minimum Gasteiger partial charge on any atom is -0.354 e. The van der Waals surface area contributed by atoms with E-state index in [1.807, 2.05) is 13.0 Å². The molecule has 0 aromatic heterocycles. The summed E-state index contributed by atoms with van der Waals surface area (Å²) in [4.78, 5) is 12.6. The monoisotopic (exact) mass is 467 g/mol. The van der Waals surface area contributed by atoms with Crippen molar-refractivity contribution < 1.29 is 21.6 Å². The Kier molecular flexibility index (Phi) is 8.35. The molecule has 0 atom stereocenters. The highest BCUT2D eigenvalue weighted by molar-refractivity contribution is 7.89. The van der Waals surface area contributed by atoms with Crippen molar-refractivity contribution in [1.29, 1.82) is 0 Å². The second kappa shape index (κ2) is 10.4. The lowest BCUT2D eigenvalue weighted by Crippen LogP contribution is -2.42. The van der Waals surface area contributed by atoms with Gasteiger partial charge in [-0.15, -0.1) is 0 Å². The van der Waals surface area contributed by atoms with Crippen LogP contribution in [0.5, 0.6) is 0 Å². The maximum atomic E-state index is 13.0. The van der Waals surface area contributed by atoms with Gasteiger partial charge >= 0.3 is 0 Å². The number of rotatable bonds is 10. The molecule has 0 saturated carbocycles. The third-order valence-corrected chi connectivity index (χ3v) is 8.24. The first-order chi connectivity index (χ1) is 14.5. The van der Waals surface area contributed by atoms with Gasteiger partial charge in [0.25, 0.3) is 0 Å². The van der Waals surface area contributed by atoms with Crippen LogP contribution in [-0.4, -0.2) is 53.2 Å². The Morgan fingerprint density at radius 3 is 2.13 bits per heavy atom. The Morgan fingerprint density at radius 1 is 0.903 bits per heavy atom. The highest BCUT2D eigenvalue weighted by Crippen LogP contribution is 2.21. The average Bonchev–Trinajstić information content (AvgIpc) is 2.71. The number of carbonyl (C=O) groups excluding carboxylic acids is 1. The third kappa shape index (κ3) is 6.60. The molecule has 0 unspecified atom stereocenters. The highest BCUT2D eigenvalue weighted by Gasteiger charge is 2.26. The number of likely N-dealkylation sites (N-methyl/N-ethyl adjacent to an activating group) is 1. The van der Waals surface area contributed by atoms with E-state index in [-0.39, 0.29) is 36.0 Å². The van der Waals surface area contributed by atoms with Crippen molar-refractivity contribution in [3.8, 4) is 0 Å². The molecule has 0 spiro atoms. The maximum absolute atomic E-state index is 13.0. The molecule has 0 aliphatic heterocycles. The second-order valence-corrected chi connectivity index (χ2v) is 10.9. The number of nitrogens with zero attached hydrogens (tertiary/aromatic N) is 1. The van der Waals surface area contributed by atoms with Gasteiger partial charge in [-0.25, -0.2) is 21.6 Å². The lowest BCUT2D eigenvalue weighted by atomic mass is 10.2. The fraction of sp³-hybridized carbons (Fsp3) is 0.381. The molecule has 8 nitrogen and oxygen atoms in total. The molecule has 2 rings (SSSR count). The first kappa shape index (κ1) is 25.0. The highest BCUT2D eigenvalue weighted by atomic mass is 32.2. The van der Waals surface area contributed by atoms with Gasteiger partial charge in [-0.2, -0.15) is 4.31 Å². The number of nitrogens with one attached hydrogen (secondary N) is 2. The zero-order valence-corrected chi connectivity index (χ0v) is 19.8. The fourth-order valence-corrected chi connectivity index (χ4v) is 5.64. The molecule has 0 aliphatic carbocycles. The number of benzene rings is 2. The number of amides is 1. The van der Waals surface area contributed by atoms with E-state index >= 15 is 0 Å². The van der Waals surface area contributed by atoms with Crippen LogP contribution in [0.4, 0.5) is 0 Å². The molecule has 0 bridgehead atoms. The van der Waals surface area contributed by atoms with Crippen LogP contribution >= 0.6 is 0 Å². The van der Waals surface area contributed by atoms with Crippen LogP contribution in [0.15, 0.2) is 52.3 Å². The molecule has 0 radical (unpaired) electrons. The normalized spacial score (nSPS) is 12.2. The van der Waals surface area contributed by atoms with Gasteiger partial charge in [0.05, 0.1) is 16.3 Å². The van der Waals surface area contributed by atoms with Gasteiger partial charge in [-0.05, 0) is 50.1 Å². The molecule has 0 saturated heterocycles. The topological polar surface area (TPSA) is 113 Å². The van der Waals surface area contributed by atoms with E-state index in [2.05, 4.69) is 10.0 Å². The summed E-state index contributed by atoms with van der Waals surface area (Å²) in [7, 11) is -7.51. The molecule has 10 heteroatoms. The van der Waals surface area contributed by atoms with Gasteiger partial charge in [0.15, 0.2) is 0 Å². The number of aryl methyl sites for hydroxylation is 3. The molecule has 0 heterocycles. The molecule has 170 valence electrons. The quantitative estimate of drug-likeness (QED) is 0.517. The number of sulfonamides is 2. The third-order valence-electron chi connectivity index (χ3n) is 4.70. The molecule has 0 aliphatic rings. The smallest absolute Gasteiger partial charge is 0.243 e. The predicted octanol–water partition coefficient (Wildman–Crippen LogP) is 1.72. The Bertz CT molecular complexity index is 1130. The van der Waals surface area contributed by atoms with Crippen molar-refractivity contribution in [3.63, 3.8) is 0 Å². The summed E-state index contributed by atoms with van der Waals surface area (Å²) in [6, 6.07) is 11.6. The first-order valence-corrected chi connectivity index (χ1v) is 12.8. The molecule has 0 fully saturated rings. The molecule has 1 amide bonds. The lowest BCUT2D eigenvalue weighted by molar-refractivity contribution is -0.121. The maximum Gasteiger partial charge on any atom is 0.243 e. The summed E-state index contributed by atoms with van der Waals surface area (Å²) in [6.07, 6.45) is 0. The second-order valence-electron chi connectivity index (χ2n) is 7.26. The zero-order valence-electron chi connectivity index (χ0n) is 18.2. The van der Waals surface area contributed by atoms with Crippen molar-refractivity contribution >= 4 is 26.0 Å². The summed E-state index contributed by atoms with van der Waals surface area (Å²) in [6.45, 7) is 6.83. The van der Waals surface area contributed by atoms with Gasteiger partial charge < -0.3 is 5.32 Å². The van der Waals surface area contributed by atoms with Crippen molar-refractivity contribution in [2.45, 2.75) is 37.5 Å². The predicted molar refractivity (Wildman–Crippen MR) is 120 cm³/mol. The number of carbonyl (C=O) groups is 1. The molecule has 2 aromatic rings. The van der Waals surface area contributed by atoms with E-state index in [0.29, 0.717) is 5.56 Å². The van der Waals surface area contributed by atoms with E-state index in [0.717, 1.165) is 15.4 Å². The van der Waals surface area contributed by atoms with Crippen LogP contribution in [0.3, 0.4) is 0 Å². The summed E-state index contributed by atoms with van der Waals surface area (Å²) in [5, 5.41) is 2.56. The minimum absolute atomic E-state index is 0.0161.